The van der Waals surface area contributed by atoms with Gasteiger partial charge in [-0.1, -0.05) is 69.5 Å². The summed E-state index contributed by atoms with van der Waals surface area (Å²) in [4.78, 5) is 17.1. The number of carbonyl (C=O) groups is 1. The average Bonchev–Trinajstić information content (AvgIpc) is 3.12. The van der Waals surface area contributed by atoms with E-state index in [9.17, 15) is 4.79 Å². The number of aromatic amines is 1. The molecule has 0 radical (unpaired) electrons. The van der Waals surface area contributed by atoms with Gasteiger partial charge in [0, 0.05) is 37.6 Å². The van der Waals surface area contributed by atoms with Gasteiger partial charge in [-0.05, 0) is 42.0 Å². The number of hydrogen-bond donors (Lipinski definition) is 2. The minimum atomic E-state index is -0.182. The minimum absolute atomic E-state index is 0.182. The Morgan fingerprint density at radius 2 is 1.80 bits per heavy atom. The second-order valence-corrected chi connectivity index (χ2v) is 9.47. The van der Waals surface area contributed by atoms with Crippen LogP contribution in [0, 0.1) is 0 Å². The van der Waals surface area contributed by atoms with Crippen molar-refractivity contribution in [2.75, 3.05) is 12.3 Å². The Kier molecular flexibility index (Phi) is 6.74. The average molecular weight is 520 g/mol. The standard InChI is InChI=1S/C23H17BrCl2N2OS/c24-15-7-10-19(26)18(13-15)23(29)27-11-12-30-22-17-3-1-2-4-20(17)28-21(22)14-5-8-16(25)9-6-14/h1-10,13,28H,11-12H2,(H,27,29). The Morgan fingerprint density at radius 1 is 1.03 bits per heavy atom. The van der Waals surface area contributed by atoms with Gasteiger partial charge in [-0.15, -0.1) is 11.8 Å². The molecular formula is C23H17BrCl2N2OS. The number of aromatic nitrogens is 1. The van der Waals surface area contributed by atoms with Gasteiger partial charge in [0.05, 0.1) is 16.3 Å². The molecule has 0 unspecified atom stereocenters. The number of amides is 1. The van der Waals surface area contributed by atoms with Gasteiger partial charge in [0.2, 0.25) is 0 Å². The van der Waals surface area contributed by atoms with Gasteiger partial charge in [0.25, 0.3) is 5.91 Å². The second kappa shape index (κ2) is 9.48. The molecule has 0 aliphatic heterocycles. The third-order valence-corrected chi connectivity index (χ3v) is 6.79. The molecule has 0 fully saturated rings. The summed E-state index contributed by atoms with van der Waals surface area (Å²) in [6.07, 6.45) is 0. The van der Waals surface area contributed by atoms with Crippen LogP contribution in [0.15, 0.2) is 76.1 Å². The SMILES string of the molecule is O=C(NCCSc1c(-c2ccc(Cl)cc2)[nH]c2ccccc12)c1cc(Br)ccc1Cl. The number of hydrogen-bond acceptors (Lipinski definition) is 2. The van der Waals surface area contributed by atoms with E-state index < -0.39 is 0 Å². The highest BCUT2D eigenvalue weighted by Crippen LogP contribution is 2.37. The van der Waals surface area contributed by atoms with Crippen molar-refractivity contribution in [2.24, 2.45) is 0 Å². The van der Waals surface area contributed by atoms with Crippen molar-refractivity contribution < 1.29 is 4.79 Å². The molecule has 1 amide bonds. The number of H-pyrrole nitrogens is 1. The monoisotopic (exact) mass is 518 g/mol. The molecule has 4 rings (SSSR count). The summed E-state index contributed by atoms with van der Waals surface area (Å²) in [7, 11) is 0. The van der Waals surface area contributed by atoms with Crippen LogP contribution in [-0.4, -0.2) is 23.2 Å². The lowest BCUT2D eigenvalue weighted by Crippen LogP contribution is -2.26. The molecule has 1 aromatic heterocycles. The number of rotatable bonds is 6. The first kappa shape index (κ1) is 21.3. The molecule has 7 heteroatoms. The zero-order valence-electron chi connectivity index (χ0n) is 15.7. The number of fused-ring (bicyclic) bond motifs is 1. The number of nitrogens with one attached hydrogen (secondary N) is 2. The second-order valence-electron chi connectivity index (χ2n) is 6.61. The van der Waals surface area contributed by atoms with Crippen molar-refractivity contribution in [3.63, 3.8) is 0 Å². The van der Waals surface area contributed by atoms with Crippen molar-refractivity contribution >= 4 is 67.7 Å². The summed E-state index contributed by atoms with van der Waals surface area (Å²) in [5.41, 5.74) is 3.67. The number of benzene rings is 3. The molecule has 1 heterocycles. The fourth-order valence-corrected chi connectivity index (χ4v) is 4.92. The Balaban J connectivity index is 1.50. The Bertz CT molecular complexity index is 1210. The quantitative estimate of drug-likeness (QED) is 0.205. The van der Waals surface area contributed by atoms with E-state index in [-0.39, 0.29) is 5.91 Å². The van der Waals surface area contributed by atoms with Gasteiger partial charge < -0.3 is 10.3 Å². The van der Waals surface area contributed by atoms with Crippen LogP contribution in [-0.2, 0) is 0 Å². The van der Waals surface area contributed by atoms with Crippen molar-refractivity contribution in [3.05, 3.63) is 86.8 Å². The highest BCUT2D eigenvalue weighted by molar-refractivity contribution is 9.10. The van der Waals surface area contributed by atoms with Crippen LogP contribution in [0.4, 0.5) is 0 Å². The Morgan fingerprint density at radius 3 is 2.60 bits per heavy atom. The van der Waals surface area contributed by atoms with Crippen LogP contribution in [0.3, 0.4) is 0 Å². The first-order valence-electron chi connectivity index (χ1n) is 9.25. The smallest absolute Gasteiger partial charge is 0.252 e. The maximum absolute atomic E-state index is 12.5. The summed E-state index contributed by atoms with van der Waals surface area (Å²) in [5.74, 6) is 0.540. The number of carbonyl (C=O) groups excluding carboxylic acids is 1. The largest absolute Gasteiger partial charge is 0.354 e. The molecular weight excluding hydrogens is 503 g/mol. The molecule has 0 spiro atoms. The van der Waals surface area contributed by atoms with Gasteiger partial charge in [0.1, 0.15) is 0 Å². The van der Waals surface area contributed by atoms with Gasteiger partial charge in [-0.2, -0.15) is 0 Å². The normalized spacial score (nSPS) is 11.0. The fraction of sp³-hybridized carbons (Fsp3) is 0.0870. The lowest BCUT2D eigenvalue weighted by Gasteiger charge is -2.08. The van der Waals surface area contributed by atoms with Crippen molar-refractivity contribution in [2.45, 2.75) is 4.90 Å². The molecule has 3 aromatic carbocycles. The predicted octanol–water partition coefficient (Wildman–Crippen LogP) is 7.43. The van der Waals surface area contributed by atoms with E-state index >= 15 is 0 Å². The maximum atomic E-state index is 12.5. The number of para-hydroxylation sites is 1. The van der Waals surface area contributed by atoms with Crippen LogP contribution >= 0.6 is 50.9 Å². The van der Waals surface area contributed by atoms with E-state index in [0.29, 0.717) is 22.2 Å². The first-order valence-corrected chi connectivity index (χ1v) is 11.8. The van der Waals surface area contributed by atoms with Crippen LogP contribution in [0.5, 0.6) is 0 Å². The van der Waals surface area contributed by atoms with Crippen molar-refractivity contribution in [1.82, 2.24) is 10.3 Å². The van der Waals surface area contributed by atoms with Crippen LogP contribution in [0.2, 0.25) is 10.0 Å². The van der Waals surface area contributed by atoms with E-state index in [2.05, 4.69) is 38.4 Å². The Hall–Kier alpha value is -1.92. The molecule has 152 valence electrons. The third kappa shape index (κ3) is 4.70. The van der Waals surface area contributed by atoms with Crippen molar-refractivity contribution in [1.29, 1.82) is 0 Å². The van der Waals surface area contributed by atoms with E-state index in [1.807, 2.05) is 42.5 Å². The van der Waals surface area contributed by atoms with Crippen LogP contribution in [0.25, 0.3) is 22.2 Å². The maximum Gasteiger partial charge on any atom is 0.252 e. The van der Waals surface area contributed by atoms with Crippen LogP contribution < -0.4 is 5.32 Å². The molecule has 0 aliphatic carbocycles. The zero-order chi connectivity index (χ0) is 21.1. The Labute approximate surface area is 197 Å². The third-order valence-electron chi connectivity index (χ3n) is 4.60. The summed E-state index contributed by atoms with van der Waals surface area (Å²) < 4.78 is 0.817. The van der Waals surface area contributed by atoms with Gasteiger partial charge in [-0.3, -0.25) is 4.79 Å². The van der Waals surface area contributed by atoms with E-state index in [1.165, 1.54) is 0 Å². The van der Waals surface area contributed by atoms with Gasteiger partial charge in [-0.25, -0.2) is 0 Å². The van der Waals surface area contributed by atoms with Gasteiger partial charge >= 0.3 is 0 Å². The lowest BCUT2D eigenvalue weighted by molar-refractivity contribution is 0.0956. The van der Waals surface area contributed by atoms with Crippen molar-refractivity contribution in [3.8, 4) is 11.3 Å². The first-order chi connectivity index (χ1) is 14.5. The molecule has 0 bridgehead atoms. The molecule has 4 aromatic rings. The molecule has 0 atom stereocenters. The summed E-state index contributed by atoms with van der Waals surface area (Å²) in [6.45, 7) is 0.520. The number of thioether (sulfide) groups is 1. The summed E-state index contributed by atoms with van der Waals surface area (Å²) >= 11 is 17.3. The predicted molar refractivity (Wildman–Crippen MR) is 131 cm³/mol. The highest BCUT2D eigenvalue weighted by atomic mass is 79.9. The van der Waals surface area contributed by atoms with E-state index in [0.717, 1.165) is 37.3 Å². The lowest BCUT2D eigenvalue weighted by atomic mass is 10.1. The molecule has 2 N–H and O–H groups in total. The minimum Gasteiger partial charge on any atom is -0.354 e. The zero-order valence-corrected chi connectivity index (χ0v) is 19.6. The van der Waals surface area contributed by atoms with E-state index in [4.69, 9.17) is 23.2 Å². The summed E-state index contributed by atoms with van der Waals surface area (Å²) in [5, 5.41) is 5.25. The molecule has 0 aliphatic rings. The fourth-order valence-electron chi connectivity index (χ4n) is 3.17. The molecule has 30 heavy (non-hydrogen) atoms. The number of halogens is 3. The summed E-state index contributed by atoms with van der Waals surface area (Å²) in [6, 6.07) is 21.2. The highest BCUT2D eigenvalue weighted by Gasteiger charge is 2.14. The van der Waals surface area contributed by atoms with Gasteiger partial charge in [0.15, 0.2) is 0 Å². The molecule has 0 saturated carbocycles. The van der Waals surface area contributed by atoms with Crippen LogP contribution in [0.1, 0.15) is 10.4 Å². The molecule has 3 nitrogen and oxygen atoms in total. The van der Waals surface area contributed by atoms with E-state index in [1.54, 1.807) is 23.9 Å². The molecule has 0 saturated heterocycles. The topological polar surface area (TPSA) is 44.9 Å².